The van der Waals surface area contributed by atoms with Gasteiger partial charge < -0.3 is 0 Å². The van der Waals surface area contributed by atoms with Gasteiger partial charge in [0.25, 0.3) is 0 Å². The highest BCUT2D eigenvalue weighted by molar-refractivity contribution is 6.30. The molecule has 0 aliphatic heterocycles. The summed E-state index contributed by atoms with van der Waals surface area (Å²) >= 11 is 6.32. The fraction of sp³-hybridized carbons (Fsp3) is 0.714. The van der Waals surface area contributed by atoms with Gasteiger partial charge in [-0.05, 0) is 38.5 Å². The van der Waals surface area contributed by atoms with Gasteiger partial charge in [-0.2, -0.15) is 0 Å². The number of nitrogens with zero attached hydrogens (tertiary/aromatic N) is 2. The molecule has 0 N–H and O–H groups in total. The molecule has 1 heterocycles. The van der Waals surface area contributed by atoms with Crippen molar-refractivity contribution in [3.8, 4) is 0 Å². The van der Waals surface area contributed by atoms with Crippen LogP contribution in [0, 0.1) is 0 Å². The molecule has 3 heteroatoms. The third kappa shape index (κ3) is 2.33. The van der Waals surface area contributed by atoms with Gasteiger partial charge in [-0.1, -0.05) is 30.9 Å². The van der Waals surface area contributed by atoms with Crippen LogP contribution in [0.15, 0.2) is 0 Å². The lowest BCUT2D eigenvalue weighted by Crippen LogP contribution is -2.14. The van der Waals surface area contributed by atoms with Crippen molar-refractivity contribution < 1.29 is 0 Å². The van der Waals surface area contributed by atoms with Crippen molar-refractivity contribution in [2.75, 3.05) is 0 Å². The van der Waals surface area contributed by atoms with Crippen molar-refractivity contribution in [2.24, 2.45) is 0 Å². The van der Waals surface area contributed by atoms with Crippen molar-refractivity contribution in [1.82, 2.24) is 9.97 Å². The summed E-state index contributed by atoms with van der Waals surface area (Å²) in [6, 6.07) is 0. The molecule has 0 spiro atoms. The minimum atomic E-state index is 0.563. The van der Waals surface area contributed by atoms with E-state index in [1.165, 1.54) is 56.2 Å². The maximum Gasteiger partial charge on any atom is 0.136 e. The van der Waals surface area contributed by atoms with Crippen LogP contribution in [0.1, 0.15) is 67.9 Å². The molecule has 2 aliphatic rings. The third-order valence-corrected chi connectivity index (χ3v) is 4.43. The predicted molar refractivity (Wildman–Crippen MR) is 69.5 cm³/mol. The van der Waals surface area contributed by atoms with Crippen LogP contribution in [0.4, 0.5) is 0 Å². The van der Waals surface area contributed by atoms with Crippen LogP contribution in [0.2, 0.25) is 5.15 Å². The summed E-state index contributed by atoms with van der Waals surface area (Å²) in [7, 11) is 0. The second-order valence-corrected chi connectivity index (χ2v) is 5.70. The monoisotopic (exact) mass is 250 g/mol. The zero-order valence-electron chi connectivity index (χ0n) is 10.2. The molecule has 2 nitrogen and oxygen atoms in total. The van der Waals surface area contributed by atoms with Crippen LogP contribution in [0.5, 0.6) is 0 Å². The predicted octanol–water partition coefficient (Wildman–Crippen LogP) is 4.06. The van der Waals surface area contributed by atoms with Crippen molar-refractivity contribution in [2.45, 2.75) is 63.7 Å². The van der Waals surface area contributed by atoms with Gasteiger partial charge in [-0.15, -0.1) is 0 Å². The average molecular weight is 251 g/mol. The van der Waals surface area contributed by atoms with E-state index in [4.69, 9.17) is 16.6 Å². The molecule has 17 heavy (non-hydrogen) atoms. The Morgan fingerprint density at radius 3 is 2.47 bits per heavy atom. The number of hydrogen-bond donors (Lipinski definition) is 0. The number of hydrogen-bond acceptors (Lipinski definition) is 2. The van der Waals surface area contributed by atoms with E-state index in [-0.39, 0.29) is 0 Å². The summed E-state index contributed by atoms with van der Waals surface area (Å²) in [5.41, 5.74) is 2.45. The maximum atomic E-state index is 6.32. The van der Waals surface area contributed by atoms with E-state index >= 15 is 0 Å². The van der Waals surface area contributed by atoms with E-state index in [0.717, 1.165) is 23.8 Å². The average Bonchev–Trinajstić information content (AvgIpc) is 2.40. The summed E-state index contributed by atoms with van der Waals surface area (Å²) < 4.78 is 0. The minimum absolute atomic E-state index is 0.563. The summed E-state index contributed by atoms with van der Waals surface area (Å²) in [5.74, 6) is 1.59. The Balaban J connectivity index is 1.92. The van der Waals surface area contributed by atoms with E-state index in [1.54, 1.807) is 0 Å². The van der Waals surface area contributed by atoms with E-state index in [1.807, 2.05) is 0 Å². The highest BCUT2D eigenvalue weighted by atomic mass is 35.5. The first-order valence-corrected chi connectivity index (χ1v) is 7.27. The van der Waals surface area contributed by atoms with Crippen LogP contribution in [-0.2, 0) is 12.8 Å². The molecule has 1 aromatic rings. The number of aryl methyl sites for hydroxylation is 1. The number of fused-ring (bicyclic) bond motifs is 1. The Bertz CT molecular complexity index is 411. The summed E-state index contributed by atoms with van der Waals surface area (Å²) in [6.45, 7) is 0. The molecule has 0 amide bonds. The summed E-state index contributed by atoms with van der Waals surface area (Å²) in [5, 5.41) is 0.732. The first kappa shape index (κ1) is 11.5. The second kappa shape index (κ2) is 4.93. The molecule has 3 rings (SSSR count). The van der Waals surface area contributed by atoms with Crippen molar-refractivity contribution in [1.29, 1.82) is 0 Å². The fourth-order valence-electron chi connectivity index (χ4n) is 3.11. The molecule has 0 radical (unpaired) electrons. The fourth-order valence-corrected chi connectivity index (χ4v) is 3.40. The molecule has 0 atom stereocenters. The summed E-state index contributed by atoms with van der Waals surface area (Å²) in [4.78, 5) is 9.37. The van der Waals surface area contributed by atoms with Gasteiger partial charge in [-0.3, -0.25) is 0 Å². The quantitative estimate of drug-likeness (QED) is 0.703. The Morgan fingerprint density at radius 1 is 0.882 bits per heavy atom. The lowest BCUT2D eigenvalue weighted by atomic mass is 9.88. The van der Waals surface area contributed by atoms with Gasteiger partial charge in [0, 0.05) is 17.2 Å². The van der Waals surface area contributed by atoms with Crippen LogP contribution < -0.4 is 0 Å². The molecule has 0 bridgehead atoms. The molecule has 1 fully saturated rings. The molecular weight excluding hydrogens is 232 g/mol. The van der Waals surface area contributed by atoms with Gasteiger partial charge >= 0.3 is 0 Å². The molecule has 1 saturated carbocycles. The van der Waals surface area contributed by atoms with Crippen LogP contribution in [-0.4, -0.2) is 9.97 Å². The maximum absolute atomic E-state index is 6.32. The second-order valence-electron chi connectivity index (χ2n) is 5.34. The Kier molecular flexibility index (Phi) is 3.32. The molecule has 0 unspecified atom stereocenters. The molecule has 92 valence electrons. The van der Waals surface area contributed by atoms with Gasteiger partial charge in [0.05, 0.1) is 0 Å². The van der Waals surface area contributed by atoms with Crippen LogP contribution >= 0.6 is 11.6 Å². The molecule has 0 saturated heterocycles. The van der Waals surface area contributed by atoms with E-state index in [0.29, 0.717) is 5.92 Å². The highest BCUT2D eigenvalue weighted by Crippen LogP contribution is 2.33. The third-order valence-electron chi connectivity index (χ3n) is 4.12. The van der Waals surface area contributed by atoms with E-state index < -0.39 is 0 Å². The zero-order valence-corrected chi connectivity index (χ0v) is 11.0. The Morgan fingerprint density at radius 2 is 1.65 bits per heavy atom. The first-order chi connectivity index (χ1) is 8.34. The normalized spacial score (nSPS) is 21.2. The molecular formula is C14H19ClN2. The summed E-state index contributed by atoms with van der Waals surface area (Å²) in [6.07, 6.45) is 11.2. The van der Waals surface area contributed by atoms with E-state index in [9.17, 15) is 0 Å². The number of rotatable bonds is 1. The molecule has 1 aromatic heterocycles. The van der Waals surface area contributed by atoms with Crippen molar-refractivity contribution in [3.63, 3.8) is 0 Å². The van der Waals surface area contributed by atoms with Crippen LogP contribution in [0.3, 0.4) is 0 Å². The van der Waals surface area contributed by atoms with Gasteiger partial charge in [0.2, 0.25) is 0 Å². The smallest absolute Gasteiger partial charge is 0.136 e. The molecule has 0 aromatic carbocycles. The number of halogens is 1. The zero-order chi connectivity index (χ0) is 11.7. The first-order valence-electron chi connectivity index (χ1n) is 6.90. The largest absolute Gasteiger partial charge is 0.237 e. The lowest BCUT2D eigenvalue weighted by Gasteiger charge is -2.23. The Labute approximate surface area is 108 Å². The topological polar surface area (TPSA) is 25.8 Å². The van der Waals surface area contributed by atoms with Crippen LogP contribution in [0.25, 0.3) is 0 Å². The number of aromatic nitrogens is 2. The highest BCUT2D eigenvalue weighted by Gasteiger charge is 2.22. The van der Waals surface area contributed by atoms with Gasteiger partial charge in [0.15, 0.2) is 0 Å². The van der Waals surface area contributed by atoms with Crippen molar-refractivity contribution in [3.05, 3.63) is 22.2 Å². The van der Waals surface area contributed by atoms with Gasteiger partial charge in [0.1, 0.15) is 11.0 Å². The lowest BCUT2D eigenvalue weighted by molar-refractivity contribution is 0.426. The van der Waals surface area contributed by atoms with Gasteiger partial charge in [-0.25, -0.2) is 9.97 Å². The Hall–Kier alpha value is -0.630. The standard InChI is InChI=1S/C14H19ClN2/c15-13-11-8-4-5-9-12(11)16-14(17-13)10-6-2-1-3-7-10/h10H,1-9H2. The SMILES string of the molecule is Clc1nc(C2CCCCC2)nc2c1CCCC2. The van der Waals surface area contributed by atoms with E-state index in [2.05, 4.69) is 4.98 Å². The minimum Gasteiger partial charge on any atom is -0.237 e. The van der Waals surface area contributed by atoms with Crippen molar-refractivity contribution >= 4 is 11.6 Å². The molecule has 2 aliphatic carbocycles.